The van der Waals surface area contributed by atoms with Crippen LogP contribution in [-0.2, 0) is 9.63 Å². The predicted molar refractivity (Wildman–Crippen MR) is 83.2 cm³/mol. The molecule has 2 rings (SSSR count). The van der Waals surface area contributed by atoms with E-state index in [4.69, 9.17) is 14.3 Å². The highest BCUT2D eigenvalue weighted by Gasteiger charge is 2.09. The number of methoxy groups -OCH3 is 1. The third-order valence-electron chi connectivity index (χ3n) is 2.82. The van der Waals surface area contributed by atoms with Gasteiger partial charge in [0, 0.05) is 12.5 Å². The van der Waals surface area contributed by atoms with Crippen LogP contribution in [0.4, 0.5) is 0 Å². The lowest BCUT2D eigenvalue weighted by Gasteiger charge is -2.11. The zero-order valence-electron chi connectivity index (χ0n) is 12.5. The van der Waals surface area contributed by atoms with Crippen LogP contribution in [-0.4, -0.2) is 25.4 Å². The van der Waals surface area contributed by atoms with Gasteiger partial charge in [-0.1, -0.05) is 47.6 Å². The normalized spacial score (nSPS) is 10.9. The van der Waals surface area contributed by atoms with E-state index in [1.54, 1.807) is 19.2 Å². The summed E-state index contributed by atoms with van der Waals surface area (Å²) in [6.07, 6.45) is 0. The molecule has 2 aromatic carbocycles. The van der Waals surface area contributed by atoms with Crippen molar-refractivity contribution in [3.05, 3.63) is 60.2 Å². The first-order chi connectivity index (χ1) is 10.7. The lowest BCUT2D eigenvalue weighted by atomic mass is 10.1. The van der Waals surface area contributed by atoms with Gasteiger partial charge in [0.1, 0.15) is 12.3 Å². The first kappa shape index (κ1) is 15.6. The number of benzene rings is 2. The number of hydrogen-bond donors (Lipinski definition) is 0. The first-order valence-electron chi connectivity index (χ1n) is 6.76. The first-order valence-corrected chi connectivity index (χ1v) is 6.76. The van der Waals surface area contributed by atoms with Crippen molar-refractivity contribution in [1.29, 1.82) is 0 Å². The highest BCUT2D eigenvalue weighted by Crippen LogP contribution is 2.25. The van der Waals surface area contributed by atoms with Gasteiger partial charge < -0.3 is 14.3 Å². The fraction of sp³-hybridized carbons (Fsp3) is 0.176. The zero-order valence-corrected chi connectivity index (χ0v) is 12.5. The van der Waals surface area contributed by atoms with Crippen LogP contribution >= 0.6 is 0 Å². The molecule has 5 nitrogen and oxygen atoms in total. The average Bonchev–Trinajstić information content (AvgIpc) is 2.55. The van der Waals surface area contributed by atoms with Crippen molar-refractivity contribution in [2.24, 2.45) is 5.16 Å². The van der Waals surface area contributed by atoms with E-state index in [0.29, 0.717) is 17.2 Å². The summed E-state index contributed by atoms with van der Waals surface area (Å²) in [5, 5.41) is 3.87. The molecule has 5 heteroatoms. The molecule has 0 unspecified atom stereocenters. The molecule has 0 fully saturated rings. The number of hydrogen-bond acceptors (Lipinski definition) is 5. The molecule has 114 valence electrons. The van der Waals surface area contributed by atoms with Crippen molar-refractivity contribution in [3.63, 3.8) is 0 Å². The smallest absolute Gasteiger partial charge is 0.331 e. The van der Waals surface area contributed by atoms with Gasteiger partial charge >= 0.3 is 5.97 Å². The van der Waals surface area contributed by atoms with Crippen LogP contribution in [0.3, 0.4) is 0 Å². The molecular formula is C17H17NO4. The van der Waals surface area contributed by atoms with Gasteiger partial charge in [0.25, 0.3) is 0 Å². The summed E-state index contributed by atoms with van der Waals surface area (Å²) >= 11 is 0. The molecule has 0 aliphatic heterocycles. The fourth-order valence-electron chi connectivity index (χ4n) is 1.80. The van der Waals surface area contributed by atoms with Gasteiger partial charge in [-0.15, -0.1) is 0 Å². The molecule has 0 aliphatic rings. The SMILES string of the molecule is COc1ccccc1OC/C(=N/OC(C)=O)c1ccccc1. The van der Waals surface area contributed by atoms with E-state index in [-0.39, 0.29) is 6.61 Å². The highest BCUT2D eigenvalue weighted by atomic mass is 16.7. The highest BCUT2D eigenvalue weighted by molar-refractivity contribution is 6.01. The van der Waals surface area contributed by atoms with Crippen molar-refractivity contribution in [3.8, 4) is 11.5 Å². The van der Waals surface area contributed by atoms with E-state index in [9.17, 15) is 4.79 Å². The van der Waals surface area contributed by atoms with E-state index in [1.165, 1.54) is 6.92 Å². The molecule has 0 amide bonds. The van der Waals surface area contributed by atoms with Crippen molar-refractivity contribution < 1.29 is 19.1 Å². The molecule has 2 aromatic rings. The molecule has 0 atom stereocenters. The molecule has 0 bridgehead atoms. The maximum Gasteiger partial charge on any atom is 0.331 e. The number of carbonyl (C=O) groups excluding carboxylic acids is 1. The average molecular weight is 299 g/mol. The Morgan fingerprint density at radius 2 is 1.64 bits per heavy atom. The summed E-state index contributed by atoms with van der Waals surface area (Å²) in [5.41, 5.74) is 1.33. The second-order valence-electron chi connectivity index (χ2n) is 4.43. The van der Waals surface area contributed by atoms with E-state index >= 15 is 0 Å². The van der Waals surface area contributed by atoms with Gasteiger partial charge in [0.2, 0.25) is 0 Å². The van der Waals surface area contributed by atoms with Crippen LogP contribution in [0.25, 0.3) is 0 Å². The monoisotopic (exact) mass is 299 g/mol. The second-order valence-corrected chi connectivity index (χ2v) is 4.43. The van der Waals surface area contributed by atoms with E-state index in [0.717, 1.165) is 5.56 Å². The Balaban J connectivity index is 2.17. The van der Waals surface area contributed by atoms with E-state index in [2.05, 4.69) is 5.16 Å². The Kier molecular flexibility index (Phi) is 5.54. The molecule has 22 heavy (non-hydrogen) atoms. The Bertz CT molecular complexity index is 653. The lowest BCUT2D eigenvalue weighted by molar-refractivity contribution is -0.140. The maximum absolute atomic E-state index is 11.0. The Labute approximate surface area is 129 Å². The van der Waals surface area contributed by atoms with Crippen LogP contribution < -0.4 is 9.47 Å². The predicted octanol–water partition coefficient (Wildman–Crippen LogP) is 3.04. The van der Waals surface area contributed by atoms with Gasteiger partial charge in [0.05, 0.1) is 7.11 Å². The summed E-state index contributed by atoms with van der Waals surface area (Å²) in [4.78, 5) is 15.7. The molecule has 0 radical (unpaired) electrons. The van der Waals surface area contributed by atoms with Gasteiger partial charge in [-0.25, -0.2) is 4.79 Å². The molecule has 0 saturated heterocycles. The quantitative estimate of drug-likeness (QED) is 0.467. The van der Waals surface area contributed by atoms with Gasteiger partial charge in [-0.3, -0.25) is 0 Å². The van der Waals surface area contributed by atoms with E-state index < -0.39 is 5.97 Å². The van der Waals surface area contributed by atoms with Crippen LogP contribution in [0.15, 0.2) is 59.8 Å². The third kappa shape index (κ3) is 4.34. The largest absolute Gasteiger partial charge is 0.493 e. The number of carbonyl (C=O) groups is 1. The summed E-state index contributed by atoms with van der Waals surface area (Å²) in [6.45, 7) is 1.45. The minimum Gasteiger partial charge on any atom is -0.493 e. The number of oxime groups is 1. The van der Waals surface area contributed by atoms with Gasteiger partial charge in [-0.2, -0.15) is 0 Å². The van der Waals surface area contributed by atoms with Crippen molar-refractivity contribution in [2.75, 3.05) is 13.7 Å². The Morgan fingerprint density at radius 3 is 2.27 bits per heavy atom. The maximum atomic E-state index is 11.0. The molecule has 0 aliphatic carbocycles. The third-order valence-corrected chi connectivity index (χ3v) is 2.82. The van der Waals surface area contributed by atoms with Crippen LogP contribution in [0, 0.1) is 0 Å². The standard InChI is InChI=1S/C17H17NO4/c1-13(19)22-18-15(14-8-4-3-5-9-14)12-21-17-11-7-6-10-16(17)20-2/h3-11H,12H2,1-2H3/b18-15-. The van der Waals surface area contributed by atoms with Crippen molar-refractivity contribution in [2.45, 2.75) is 6.92 Å². The van der Waals surface area contributed by atoms with Crippen molar-refractivity contribution in [1.82, 2.24) is 0 Å². The van der Waals surface area contributed by atoms with Crippen LogP contribution in [0.2, 0.25) is 0 Å². The van der Waals surface area contributed by atoms with Crippen molar-refractivity contribution >= 4 is 11.7 Å². The lowest BCUT2D eigenvalue weighted by Crippen LogP contribution is -2.14. The minimum absolute atomic E-state index is 0.150. The number of ether oxygens (including phenoxy) is 2. The molecule has 0 heterocycles. The second kappa shape index (κ2) is 7.83. The molecule has 0 aromatic heterocycles. The Hall–Kier alpha value is -2.82. The summed E-state index contributed by atoms with van der Waals surface area (Å²) < 4.78 is 11.0. The molecule has 0 spiro atoms. The Morgan fingerprint density at radius 1 is 1.00 bits per heavy atom. The zero-order chi connectivity index (χ0) is 15.8. The fourth-order valence-corrected chi connectivity index (χ4v) is 1.80. The summed E-state index contributed by atoms with van der Waals surface area (Å²) in [7, 11) is 1.58. The van der Waals surface area contributed by atoms with Gasteiger partial charge in [0.15, 0.2) is 11.5 Å². The number of para-hydroxylation sites is 2. The number of rotatable bonds is 6. The topological polar surface area (TPSA) is 57.1 Å². The molecule has 0 saturated carbocycles. The number of nitrogens with zero attached hydrogens (tertiary/aromatic N) is 1. The summed E-state index contributed by atoms with van der Waals surface area (Å²) in [5.74, 6) is 0.740. The summed E-state index contributed by atoms with van der Waals surface area (Å²) in [6, 6.07) is 16.7. The minimum atomic E-state index is -0.481. The van der Waals surface area contributed by atoms with Gasteiger partial charge in [-0.05, 0) is 12.1 Å². The van der Waals surface area contributed by atoms with Crippen LogP contribution in [0.5, 0.6) is 11.5 Å². The van der Waals surface area contributed by atoms with Crippen LogP contribution in [0.1, 0.15) is 12.5 Å². The molecular weight excluding hydrogens is 282 g/mol. The molecule has 0 N–H and O–H groups in total. The van der Waals surface area contributed by atoms with E-state index in [1.807, 2.05) is 42.5 Å².